The molecule has 1 aromatic heterocycles. The number of aryl methyl sites for hydroxylation is 1. The number of hydrogen-bond donors (Lipinski definition) is 1. The van der Waals surface area contributed by atoms with Gasteiger partial charge in [-0.25, -0.2) is 0 Å². The molecule has 1 fully saturated rings. The highest BCUT2D eigenvalue weighted by molar-refractivity contribution is 5.94. The second kappa shape index (κ2) is 4.73. The monoisotopic (exact) mass is 234 g/mol. The van der Waals surface area contributed by atoms with E-state index in [0.29, 0.717) is 11.5 Å². The van der Waals surface area contributed by atoms with E-state index in [-0.39, 0.29) is 17.5 Å². The third-order valence-electron chi connectivity index (χ3n) is 3.58. The van der Waals surface area contributed by atoms with Crippen molar-refractivity contribution in [1.29, 1.82) is 0 Å². The largest absolute Gasteiger partial charge is 0.349 e. The van der Waals surface area contributed by atoms with Crippen molar-refractivity contribution in [2.75, 3.05) is 0 Å². The smallest absolute Gasteiger partial charge is 0.251 e. The van der Waals surface area contributed by atoms with Crippen molar-refractivity contribution >= 4 is 5.91 Å². The summed E-state index contributed by atoms with van der Waals surface area (Å²) < 4.78 is 1.45. The molecule has 2 rings (SSSR count). The predicted octanol–water partition coefficient (Wildman–Crippen LogP) is 1.30. The van der Waals surface area contributed by atoms with Gasteiger partial charge in [-0.3, -0.25) is 9.59 Å². The van der Waals surface area contributed by atoms with E-state index in [9.17, 15) is 9.59 Å². The molecule has 92 valence electrons. The van der Waals surface area contributed by atoms with Crippen molar-refractivity contribution in [3.63, 3.8) is 0 Å². The van der Waals surface area contributed by atoms with Gasteiger partial charge in [0.25, 0.3) is 11.5 Å². The molecule has 1 aliphatic rings. The predicted molar refractivity (Wildman–Crippen MR) is 66.0 cm³/mol. The Bertz CT molecular complexity index is 475. The lowest BCUT2D eigenvalue weighted by Crippen LogP contribution is -2.41. The molecule has 0 radical (unpaired) electrons. The lowest BCUT2D eigenvalue weighted by molar-refractivity contribution is 0.0909. The van der Waals surface area contributed by atoms with Gasteiger partial charge in [0.1, 0.15) is 0 Å². The number of nitrogens with one attached hydrogen (secondary N) is 1. The summed E-state index contributed by atoms with van der Waals surface area (Å²) in [7, 11) is 1.67. The summed E-state index contributed by atoms with van der Waals surface area (Å²) in [6, 6.07) is 3.24. The molecule has 0 saturated heterocycles. The number of aromatic nitrogens is 1. The van der Waals surface area contributed by atoms with Crippen LogP contribution in [0.4, 0.5) is 0 Å². The van der Waals surface area contributed by atoms with Gasteiger partial charge >= 0.3 is 0 Å². The maximum atomic E-state index is 11.9. The van der Waals surface area contributed by atoms with E-state index in [1.807, 2.05) is 6.92 Å². The molecule has 4 nitrogen and oxygen atoms in total. The molecule has 1 N–H and O–H groups in total. The van der Waals surface area contributed by atoms with E-state index < -0.39 is 0 Å². The second-order valence-corrected chi connectivity index (χ2v) is 4.82. The van der Waals surface area contributed by atoms with Gasteiger partial charge in [-0.1, -0.05) is 6.42 Å². The quantitative estimate of drug-likeness (QED) is 0.857. The van der Waals surface area contributed by atoms with Crippen LogP contribution in [0.5, 0.6) is 0 Å². The van der Waals surface area contributed by atoms with Crippen LogP contribution >= 0.6 is 0 Å². The van der Waals surface area contributed by atoms with Crippen LogP contribution in [0.15, 0.2) is 23.1 Å². The van der Waals surface area contributed by atoms with Crippen LogP contribution in [0.1, 0.15) is 36.5 Å². The minimum absolute atomic E-state index is 0.151. The number of nitrogens with zero attached hydrogens (tertiary/aromatic N) is 1. The molecule has 1 aromatic rings. The van der Waals surface area contributed by atoms with Crippen molar-refractivity contribution in [3.8, 4) is 0 Å². The molecular weight excluding hydrogens is 216 g/mol. The first kappa shape index (κ1) is 11.9. The number of amides is 1. The van der Waals surface area contributed by atoms with Crippen LogP contribution in [-0.2, 0) is 7.05 Å². The third kappa shape index (κ3) is 2.57. The highest BCUT2D eigenvalue weighted by Gasteiger charge is 2.25. The van der Waals surface area contributed by atoms with E-state index in [4.69, 9.17) is 0 Å². The zero-order valence-corrected chi connectivity index (χ0v) is 10.3. The van der Waals surface area contributed by atoms with Gasteiger partial charge in [-0.05, 0) is 31.7 Å². The summed E-state index contributed by atoms with van der Waals surface area (Å²) in [4.78, 5) is 23.3. The maximum absolute atomic E-state index is 11.9. The van der Waals surface area contributed by atoms with Crippen LogP contribution in [0.3, 0.4) is 0 Å². The van der Waals surface area contributed by atoms with Gasteiger partial charge in [0.15, 0.2) is 0 Å². The molecule has 1 heterocycles. The summed E-state index contributed by atoms with van der Waals surface area (Å²) in [6.07, 6.45) is 5.26. The number of carbonyl (C=O) groups excluding carboxylic acids is 1. The molecule has 0 aliphatic heterocycles. The summed E-state index contributed by atoms with van der Waals surface area (Å²) in [5.41, 5.74) is 0.285. The lowest BCUT2D eigenvalue weighted by atomic mass is 9.80. The second-order valence-electron chi connectivity index (χ2n) is 4.82. The Morgan fingerprint density at radius 2 is 2.24 bits per heavy atom. The van der Waals surface area contributed by atoms with Crippen LogP contribution < -0.4 is 10.9 Å². The molecule has 1 atom stereocenters. The van der Waals surface area contributed by atoms with E-state index in [2.05, 4.69) is 5.32 Å². The Labute approximate surface area is 101 Å². The van der Waals surface area contributed by atoms with Crippen molar-refractivity contribution in [2.45, 2.75) is 32.2 Å². The fraction of sp³-hybridized carbons (Fsp3) is 0.538. The summed E-state index contributed by atoms with van der Waals surface area (Å²) in [6.45, 7) is 2.03. The van der Waals surface area contributed by atoms with Crippen LogP contribution in [0, 0.1) is 5.92 Å². The van der Waals surface area contributed by atoms with Crippen molar-refractivity contribution in [1.82, 2.24) is 9.88 Å². The van der Waals surface area contributed by atoms with E-state index in [1.54, 1.807) is 19.3 Å². The van der Waals surface area contributed by atoms with Gasteiger partial charge in [0.05, 0.1) is 0 Å². The molecule has 1 aliphatic carbocycles. The highest BCUT2D eigenvalue weighted by atomic mass is 16.2. The fourth-order valence-electron chi connectivity index (χ4n) is 2.04. The Balaban J connectivity index is 2.03. The summed E-state index contributed by atoms with van der Waals surface area (Å²) >= 11 is 0. The average Bonchev–Trinajstić information content (AvgIpc) is 2.19. The number of pyridine rings is 1. The minimum Gasteiger partial charge on any atom is -0.349 e. The number of carbonyl (C=O) groups is 1. The maximum Gasteiger partial charge on any atom is 0.251 e. The molecule has 1 unspecified atom stereocenters. The third-order valence-corrected chi connectivity index (χ3v) is 3.58. The molecule has 1 saturated carbocycles. The Morgan fingerprint density at radius 3 is 2.76 bits per heavy atom. The van der Waals surface area contributed by atoms with Gasteiger partial charge in [-0.15, -0.1) is 0 Å². The molecule has 0 aromatic carbocycles. The van der Waals surface area contributed by atoms with E-state index >= 15 is 0 Å². The van der Waals surface area contributed by atoms with Crippen molar-refractivity contribution in [2.24, 2.45) is 13.0 Å². The molecule has 17 heavy (non-hydrogen) atoms. The molecular formula is C13H18N2O2. The van der Waals surface area contributed by atoms with E-state index in [1.165, 1.54) is 29.9 Å². The molecule has 1 amide bonds. The van der Waals surface area contributed by atoms with Gasteiger partial charge in [0, 0.05) is 30.9 Å². The SMILES string of the molecule is CC(NC(=O)c1ccn(C)c(=O)c1)C1CCC1. The number of rotatable bonds is 3. The first-order valence-electron chi connectivity index (χ1n) is 6.05. The van der Waals surface area contributed by atoms with Crippen LogP contribution in [0.2, 0.25) is 0 Å². The molecule has 0 bridgehead atoms. The van der Waals surface area contributed by atoms with Gasteiger partial charge in [0.2, 0.25) is 0 Å². The van der Waals surface area contributed by atoms with Crippen molar-refractivity contribution in [3.05, 3.63) is 34.2 Å². The Hall–Kier alpha value is -1.58. The van der Waals surface area contributed by atoms with Crippen LogP contribution in [-0.4, -0.2) is 16.5 Å². The standard InChI is InChI=1S/C13H18N2O2/c1-9(10-4-3-5-10)14-13(17)11-6-7-15(2)12(16)8-11/h6-10H,3-5H2,1-2H3,(H,14,17). The number of hydrogen-bond acceptors (Lipinski definition) is 2. The normalized spacial score (nSPS) is 17.3. The highest BCUT2D eigenvalue weighted by Crippen LogP contribution is 2.29. The molecule has 0 spiro atoms. The average molecular weight is 234 g/mol. The summed E-state index contributed by atoms with van der Waals surface area (Å²) in [5, 5.41) is 2.96. The zero-order chi connectivity index (χ0) is 12.4. The van der Waals surface area contributed by atoms with Crippen LogP contribution in [0.25, 0.3) is 0 Å². The molecule has 4 heteroatoms. The van der Waals surface area contributed by atoms with Gasteiger partial charge in [-0.2, -0.15) is 0 Å². The summed E-state index contributed by atoms with van der Waals surface area (Å²) in [5.74, 6) is 0.451. The van der Waals surface area contributed by atoms with Crippen molar-refractivity contribution < 1.29 is 4.79 Å². The van der Waals surface area contributed by atoms with E-state index in [0.717, 1.165) is 0 Å². The minimum atomic E-state index is -0.158. The Kier molecular flexibility index (Phi) is 3.31. The first-order chi connectivity index (χ1) is 8.08. The topological polar surface area (TPSA) is 51.1 Å². The fourth-order valence-corrected chi connectivity index (χ4v) is 2.04. The lowest BCUT2D eigenvalue weighted by Gasteiger charge is -2.31. The van der Waals surface area contributed by atoms with Gasteiger partial charge < -0.3 is 9.88 Å². The Morgan fingerprint density at radius 1 is 1.53 bits per heavy atom. The zero-order valence-electron chi connectivity index (χ0n) is 10.3. The first-order valence-corrected chi connectivity index (χ1v) is 6.05.